The number of hydrogen-bond donors (Lipinski definition) is 1. The summed E-state index contributed by atoms with van der Waals surface area (Å²) in [5.41, 5.74) is 1.75. The normalized spacial score (nSPS) is 32.0. The van der Waals surface area contributed by atoms with Crippen LogP contribution in [-0.4, -0.2) is 13.1 Å². The zero-order valence-corrected chi connectivity index (χ0v) is 7.10. The summed E-state index contributed by atoms with van der Waals surface area (Å²) in [6.45, 7) is 2.45. The molecule has 1 fully saturated rings. The van der Waals surface area contributed by atoms with E-state index in [1.54, 1.807) is 5.57 Å². The van der Waals surface area contributed by atoms with Gasteiger partial charge in [0, 0.05) is 0 Å². The molecule has 1 nitrogen and oxygen atoms in total. The minimum absolute atomic E-state index is 0.943. The molecule has 2 aliphatic rings. The number of nitrogens with one attached hydrogen (secondary N) is 1. The van der Waals surface area contributed by atoms with E-state index in [1.165, 1.54) is 45.2 Å². The van der Waals surface area contributed by atoms with Gasteiger partial charge in [0.15, 0.2) is 0 Å². The average molecular weight is 151 g/mol. The van der Waals surface area contributed by atoms with Crippen molar-refractivity contribution in [1.82, 2.24) is 5.32 Å². The second-order valence-electron chi connectivity index (χ2n) is 3.70. The molecule has 0 spiro atoms. The smallest absolute Gasteiger partial charge is 0.00115 e. The van der Waals surface area contributed by atoms with E-state index in [-0.39, 0.29) is 0 Å². The maximum Gasteiger partial charge on any atom is -0.00115 e. The Bertz CT molecular complexity index is 160. The van der Waals surface area contributed by atoms with Gasteiger partial charge in [0.05, 0.1) is 0 Å². The van der Waals surface area contributed by atoms with E-state index in [0.717, 1.165) is 5.92 Å². The first-order valence-corrected chi connectivity index (χ1v) is 4.86. The van der Waals surface area contributed by atoms with E-state index in [4.69, 9.17) is 0 Å². The number of fused-ring (bicyclic) bond motifs is 1. The van der Waals surface area contributed by atoms with Crippen molar-refractivity contribution in [3.05, 3.63) is 11.6 Å². The number of rotatable bonds is 0. The highest BCUT2D eigenvalue weighted by Gasteiger charge is 2.18. The largest absolute Gasteiger partial charge is 0.316 e. The fourth-order valence-corrected chi connectivity index (χ4v) is 2.27. The lowest BCUT2D eigenvalue weighted by Gasteiger charge is -2.21. The van der Waals surface area contributed by atoms with Gasteiger partial charge < -0.3 is 5.32 Å². The maximum atomic E-state index is 3.46. The predicted octanol–water partition coefficient (Wildman–Crippen LogP) is 2.10. The van der Waals surface area contributed by atoms with Crippen LogP contribution in [0.3, 0.4) is 0 Å². The van der Waals surface area contributed by atoms with Crippen LogP contribution >= 0.6 is 0 Å². The highest BCUT2D eigenvalue weighted by Crippen LogP contribution is 2.30. The Morgan fingerprint density at radius 2 is 2.27 bits per heavy atom. The molecule has 0 bridgehead atoms. The lowest BCUT2D eigenvalue weighted by Crippen LogP contribution is -2.14. The van der Waals surface area contributed by atoms with Gasteiger partial charge in [-0.1, -0.05) is 11.6 Å². The summed E-state index contributed by atoms with van der Waals surface area (Å²) in [4.78, 5) is 0. The first kappa shape index (κ1) is 7.35. The fraction of sp³-hybridized carbons (Fsp3) is 0.800. The zero-order valence-electron chi connectivity index (χ0n) is 7.10. The van der Waals surface area contributed by atoms with Gasteiger partial charge in [0.25, 0.3) is 0 Å². The molecule has 1 unspecified atom stereocenters. The van der Waals surface area contributed by atoms with Crippen LogP contribution in [0.2, 0.25) is 0 Å². The van der Waals surface area contributed by atoms with Crippen LogP contribution < -0.4 is 5.32 Å². The van der Waals surface area contributed by atoms with Gasteiger partial charge in [-0.15, -0.1) is 0 Å². The van der Waals surface area contributed by atoms with Crippen molar-refractivity contribution in [3.8, 4) is 0 Å². The molecule has 0 aromatic carbocycles. The first-order valence-electron chi connectivity index (χ1n) is 4.86. The molecule has 1 aliphatic heterocycles. The average Bonchev–Trinajstić information content (AvgIpc) is 2.28. The Morgan fingerprint density at radius 3 is 3.27 bits per heavy atom. The van der Waals surface area contributed by atoms with Crippen molar-refractivity contribution in [2.45, 2.75) is 32.1 Å². The molecule has 0 radical (unpaired) electrons. The second-order valence-corrected chi connectivity index (χ2v) is 3.70. The highest BCUT2D eigenvalue weighted by atomic mass is 14.9. The molecule has 62 valence electrons. The molecular weight excluding hydrogens is 134 g/mol. The number of hydrogen-bond acceptors (Lipinski definition) is 1. The van der Waals surface area contributed by atoms with Crippen LogP contribution in [0.15, 0.2) is 11.6 Å². The lowest BCUT2D eigenvalue weighted by atomic mass is 9.85. The molecule has 0 aromatic rings. The lowest BCUT2D eigenvalue weighted by molar-refractivity contribution is 0.482. The van der Waals surface area contributed by atoms with Crippen LogP contribution in [0.4, 0.5) is 0 Å². The molecule has 1 saturated heterocycles. The Hall–Kier alpha value is -0.300. The summed E-state index contributed by atoms with van der Waals surface area (Å²) in [6, 6.07) is 0. The predicted molar refractivity (Wildman–Crippen MR) is 47.5 cm³/mol. The molecule has 1 heterocycles. The minimum Gasteiger partial charge on any atom is -0.316 e. The van der Waals surface area contributed by atoms with Gasteiger partial charge in [0.1, 0.15) is 0 Å². The Morgan fingerprint density at radius 1 is 1.27 bits per heavy atom. The molecule has 0 aromatic heterocycles. The van der Waals surface area contributed by atoms with E-state index in [0.29, 0.717) is 0 Å². The van der Waals surface area contributed by atoms with Gasteiger partial charge >= 0.3 is 0 Å². The van der Waals surface area contributed by atoms with Crippen molar-refractivity contribution in [2.75, 3.05) is 13.1 Å². The first-order chi connectivity index (χ1) is 5.47. The molecular formula is C10H17N. The SMILES string of the molecule is C1=C2CCNCCC2CCC1. The topological polar surface area (TPSA) is 12.0 Å². The fourth-order valence-electron chi connectivity index (χ4n) is 2.27. The van der Waals surface area contributed by atoms with Gasteiger partial charge in [-0.3, -0.25) is 0 Å². The van der Waals surface area contributed by atoms with Crippen LogP contribution in [-0.2, 0) is 0 Å². The molecule has 1 aliphatic carbocycles. The molecule has 1 N–H and O–H groups in total. The molecule has 0 amide bonds. The Labute approximate surface area is 68.9 Å². The van der Waals surface area contributed by atoms with Gasteiger partial charge in [0.2, 0.25) is 0 Å². The molecule has 0 saturated carbocycles. The highest BCUT2D eigenvalue weighted by molar-refractivity contribution is 5.11. The van der Waals surface area contributed by atoms with Crippen LogP contribution in [0.1, 0.15) is 32.1 Å². The zero-order chi connectivity index (χ0) is 7.52. The summed E-state index contributed by atoms with van der Waals surface area (Å²) < 4.78 is 0. The van der Waals surface area contributed by atoms with Crippen molar-refractivity contribution in [3.63, 3.8) is 0 Å². The summed E-state index contributed by atoms with van der Waals surface area (Å²) >= 11 is 0. The second kappa shape index (κ2) is 3.40. The third kappa shape index (κ3) is 1.64. The summed E-state index contributed by atoms with van der Waals surface area (Å²) in [7, 11) is 0. The molecule has 11 heavy (non-hydrogen) atoms. The van der Waals surface area contributed by atoms with E-state index in [9.17, 15) is 0 Å². The van der Waals surface area contributed by atoms with E-state index in [1.807, 2.05) is 0 Å². The Kier molecular flexibility index (Phi) is 2.27. The van der Waals surface area contributed by atoms with Crippen molar-refractivity contribution in [2.24, 2.45) is 5.92 Å². The van der Waals surface area contributed by atoms with Gasteiger partial charge in [-0.2, -0.15) is 0 Å². The van der Waals surface area contributed by atoms with Crippen LogP contribution in [0.25, 0.3) is 0 Å². The summed E-state index contributed by atoms with van der Waals surface area (Å²) in [5, 5.41) is 3.46. The standard InChI is InChI=1S/C10H17N/c1-2-4-10-6-8-11-7-5-9(10)3-1/h3,10-11H,1-2,4-8H2. The maximum absolute atomic E-state index is 3.46. The monoisotopic (exact) mass is 151 g/mol. The van der Waals surface area contributed by atoms with Crippen molar-refractivity contribution >= 4 is 0 Å². The van der Waals surface area contributed by atoms with Gasteiger partial charge in [-0.25, -0.2) is 0 Å². The van der Waals surface area contributed by atoms with Crippen LogP contribution in [0.5, 0.6) is 0 Å². The van der Waals surface area contributed by atoms with Crippen molar-refractivity contribution in [1.29, 1.82) is 0 Å². The van der Waals surface area contributed by atoms with E-state index in [2.05, 4.69) is 11.4 Å². The minimum atomic E-state index is 0.943. The van der Waals surface area contributed by atoms with E-state index >= 15 is 0 Å². The summed E-state index contributed by atoms with van der Waals surface area (Å²) in [6.07, 6.45) is 9.39. The van der Waals surface area contributed by atoms with Gasteiger partial charge in [-0.05, 0) is 51.1 Å². The van der Waals surface area contributed by atoms with Crippen molar-refractivity contribution < 1.29 is 0 Å². The third-order valence-corrected chi connectivity index (χ3v) is 2.95. The van der Waals surface area contributed by atoms with E-state index < -0.39 is 0 Å². The summed E-state index contributed by atoms with van der Waals surface area (Å²) in [5.74, 6) is 0.943. The molecule has 1 atom stereocenters. The molecule has 1 heteroatoms. The third-order valence-electron chi connectivity index (χ3n) is 2.95. The Balaban J connectivity index is 2.07. The molecule has 2 rings (SSSR count). The number of allylic oxidation sites excluding steroid dienone is 1. The van der Waals surface area contributed by atoms with Crippen LogP contribution in [0, 0.1) is 5.92 Å². The quantitative estimate of drug-likeness (QED) is 0.523.